The van der Waals surface area contributed by atoms with Crippen LogP contribution < -0.4 is 0 Å². The van der Waals surface area contributed by atoms with E-state index in [-0.39, 0.29) is 5.82 Å². The van der Waals surface area contributed by atoms with E-state index in [4.69, 9.17) is 11.6 Å². The van der Waals surface area contributed by atoms with Gasteiger partial charge in [0.25, 0.3) is 0 Å². The predicted octanol–water partition coefficient (Wildman–Crippen LogP) is 5.38. The second-order valence-corrected chi connectivity index (χ2v) is 4.70. The van der Waals surface area contributed by atoms with Gasteiger partial charge in [0, 0.05) is 11.3 Å². The molecule has 94 valence electrons. The fourth-order valence-electron chi connectivity index (χ4n) is 2.40. The van der Waals surface area contributed by atoms with Crippen molar-refractivity contribution in [2.24, 2.45) is 0 Å². The third kappa shape index (κ3) is 2.11. The zero-order valence-electron chi connectivity index (χ0n) is 10.2. The Morgan fingerprint density at radius 3 is 2.21 bits per heavy atom. The van der Waals surface area contributed by atoms with E-state index in [0.717, 1.165) is 22.1 Å². The number of rotatable bonds is 2. The summed E-state index contributed by atoms with van der Waals surface area (Å²) in [5, 5.41) is 1.56. The highest BCUT2D eigenvalue weighted by Gasteiger charge is 2.09. The Morgan fingerprint density at radius 1 is 0.737 bits per heavy atom. The van der Waals surface area contributed by atoms with Crippen LogP contribution in [0.25, 0.3) is 21.9 Å². The Morgan fingerprint density at radius 2 is 1.42 bits per heavy atom. The molecule has 0 N–H and O–H groups in total. The Kier molecular flexibility index (Phi) is 3.22. The highest BCUT2D eigenvalue weighted by Crippen LogP contribution is 2.32. The average Bonchev–Trinajstić information content (AvgIpc) is 2.48. The summed E-state index contributed by atoms with van der Waals surface area (Å²) < 4.78 is 13.8. The third-order valence-electron chi connectivity index (χ3n) is 3.32. The number of hydrogen-bond acceptors (Lipinski definition) is 0. The van der Waals surface area contributed by atoms with E-state index in [2.05, 4.69) is 0 Å². The molecule has 3 aromatic rings. The first-order chi connectivity index (χ1) is 9.31. The summed E-state index contributed by atoms with van der Waals surface area (Å²) in [5.41, 5.74) is 3.14. The topological polar surface area (TPSA) is 0 Å². The number of benzene rings is 3. The molecule has 3 aromatic carbocycles. The predicted molar refractivity (Wildman–Crippen MR) is 78.9 cm³/mol. The molecule has 0 aliphatic carbocycles. The Bertz CT molecular complexity index is 734. The minimum atomic E-state index is -0.192. The molecule has 19 heavy (non-hydrogen) atoms. The standard InChI is InChI=1S/C17H12ClF/c18-11-12-5-1-2-6-13(12)15-9-10-17(19)16-8-4-3-7-14(15)16/h1-10H,11H2. The summed E-state index contributed by atoms with van der Waals surface area (Å²) in [7, 11) is 0. The first-order valence-electron chi connectivity index (χ1n) is 6.13. The minimum Gasteiger partial charge on any atom is -0.206 e. The molecule has 0 nitrogen and oxygen atoms in total. The maximum absolute atomic E-state index is 13.8. The third-order valence-corrected chi connectivity index (χ3v) is 3.61. The molecule has 0 amide bonds. The van der Waals surface area contributed by atoms with Crippen molar-refractivity contribution in [3.8, 4) is 11.1 Å². The van der Waals surface area contributed by atoms with Gasteiger partial charge in [-0.2, -0.15) is 0 Å². The summed E-state index contributed by atoms with van der Waals surface area (Å²) in [5.74, 6) is 0.254. The lowest BCUT2D eigenvalue weighted by Gasteiger charge is -2.11. The van der Waals surface area contributed by atoms with Crippen LogP contribution in [0.2, 0.25) is 0 Å². The molecule has 0 aliphatic heterocycles. The Hall–Kier alpha value is -1.86. The lowest BCUT2D eigenvalue weighted by molar-refractivity contribution is 0.640. The molecule has 0 fully saturated rings. The summed E-state index contributed by atoms with van der Waals surface area (Å²) in [6.07, 6.45) is 0. The van der Waals surface area contributed by atoms with Gasteiger partial charge in [-0.1, -0.05) is 54.6 Å². The van der Waals surface area contributed by atoms with Gasteiger partial charge in [-0.05, 0) is 28.1 Å². The van der Waals surface area contributed by atoms with E-state index < -0.39 is 0 Å². The maximum atomic E-state index is 13.8. The van der Waals surface area contributed by atoms with Crippen LogP contribution in [-0.4, -0.2) is 0 Å². The highest BCUT2D eigenvalue weighted by atomic mass is 35.5. The molecular formula is C17H12ClF. The molecule has 0 spiro atoms. The van der Waals surface area contributed by atoms with Crippen LogP contribution in [0.4, 0.5) is 4.39 Å². The van der Waals surface area contributed by atoms with Gasteiger partial charge in [0.05, 0.1) is 0 Å². The summed E-state index contributed by atoms with van der Waals surface area (Å²) in [4.78, 5) is 0. The molecule has 0 saturated heterocycles. The van der Waals surface area contributed by atoms with Crippen molar-refractivity contribution >= 4 is 22.4 Å². The zero-order valence-corrected chi connectivity index (χ0v) is 11.0. The second-order valence-electron chi connectivity index (χ2n) is 4.43. The van der Waals surface area contributed by atoms with Crippen LogP contribution in [0.15, 0.2) is 60.7 Å². The van der Waals surface area contributed by atoms with Crippen LogP contribution in [0, 0.1) is 5.82 Å². The minimum absolute atomic E-state index is 0.192. The summed E-state index contributed by atoms with van der Waals surface area (Å²) >= 11 is 5.99. The lowest BCUT2D eigenvalue weighted by Crippen LogP contribution is -1.89. The molecule has 0 aromatic heterocycles. The van der Waals surface area contributed by atoms with Gasteiger partial charge in [-0.15, -0.1) is 11.6 Å². The Labute approximate surface area is 116 Å². The average molecular weight is 271 g/mol. The summed E-state index contributed by atoms with van der Waals surface area (Å²) in [6, 6.07) is 18.8. The number of halogens is 2. The molecule has 0 radical (unpaired) electrons. The molecule has 0 bridgehead atoms. The first kappa shape index (κ1) is 12.2. The van der Waals surface area contributed by atoms with E-state index in [9.17, 15) is 4.39 Å². The molecule has 2 heteroatoms. The van der Waals surface area contributed by atoms with Gasteiger partial charge >= 0.3 is 0 Å². The fraction of sp³-hybridized carbons (Fsp3) is 0.0588. The largest absolute Gasteiger partial charge is 0.206 e. The number of fused-ring (bicyclic) bond motifs is 1. The Balaban J connectivity index is 2.34. The van der Waals surface area contributed by atoms with Gasteiger partial charge in [0.15, 0.2) is 0 Å². The monoisotopic (exact) mass is 270 g/mol. The normalized spacial score (nSPS) is 10.8. The molecule has 0 unspecified atom stereocenters. The summed E-state index contributed by atoms with van der Waals surface area (Å²) in [6.45, 7) is 0. The van der Waals surface area contributed by atoms with E-state index in [1.807, 2.05) is 48.5 Å². The van der Waals surface area contributed by atoms with Gasteiger partial charge in [0.2, 0.25) is 0 Å². The number of hydrogen-bond donors (Lipinski definition) is 0. The fourth-order valence-corrected chi connectivity index (χ4v) is 2.63. The van der Waals surface area contributed by atoms with Crippen molar-refractivity contribution in [2.75, 3.05) is 0 Å². The van der Waals surface area contributed by atoms with Crippen molar-refractivity contribution in [1.82, 2.24) is 0 Å². The van der Waals surface area contributed by atoms with Crippen LogP contribution in [-0.2, 0) is 5.88 Å². The molecule has 0 heterocycles. The zero-order chi connectivity index (χ0) is 13.2. The SMILES string of the molecule is Fc1ccc(-c2ccccc2CCl)c2ccccc12. The second kappa shape index (κ2) is 5.02. The quantitative estimate of drug-likeness (QED) is 0.548. The smallest absolute Gasteiger partial charge is 0.131 e. The van der Waals surface area contributed by atoms with Crippen LogP contribution in [0.3, 0.4) is 0 Å². The van der Waals surface area contributed by atoms with E-state index in [1.54, 1.807) is 6.07 Å². The highest BCUT2D eigenvalue weighted by molar-refractivity contribution is 6.17. The van der Waals surface area contributed by atoms with Crippen molar-refractivity contribution in [3.05, 3.63) is 72.0 Å². The van der Waals surface area contributed by atoms with Crippen molar-refractivity contribution in [2.45, 2.75) is 5.88 Å². The van der Waals surface area contributed by atoms with E-state index in [1.165, 1.54) is 6.07 Å². The number of alkyl halides is 1. The van der Waals surface area contributed by atoms with Gasteiger partial charge < -0.3 is 0 Å². The van der Waals surface area contributed by atoms with Crippen LogP contribution in [0.5, 0.6) is 0 Å². The van der Waals surface area contributed by atoms with Gasteiger partial charge in [0.1, 0.15) is 5.82 Å². The molecular weight excluding hydrogens is 259 g/mol. The molecule has 0 atom stereocenters. The van der Waals surface area contributed by atoms with Crippen molar-refractivity contribution in [1.29, 1.82) is 0 Å². The molecule has 0 saturated carbocycles. The first-order valence-corrected chi connectivity index (χ1v) is 6.66. The van der Waals surface area contributed by atoms with Crippen LogP contribution in [0.1, 0.15) is 5.56 Å². The lowest BCUT2D eigenvalue weighted by atomic mass is 9.95. The maximum Gasteiger partial charge on any atom is 0.131 e. The van der Waals surface area contributed by atoms with Crippen molar-refractivity contribution < 1.29 is 4.39 Å². The van der Waals surface area contributed by atoms with Crippen LogP contribution >= 0.6 is 11.6 Å². The van der Waals surface area contributed by atoms with Gasteiger partial charge in [-0.3, -0.25) is 0 Å². The molecule has 3 rings (SSSR count). The van der Waals surface area contributed by atoms with E-state index >= 15 is 0 Å². The van der Waals surface area contributed by atoms with E-state index in [0.29, 0.717) is 11.3 Å². The van der Waals surface area contributed by atoms with Gasteiger partial charge in [-0.25, -0.2) is 4.39 Å². The van der Waals surface area contributed by atoms with Crippen molar-refractivity contribution in [3.63, 3.8) is 0 Å². The molecule has 0 aliphatic rings.